The number of aromatic amines is 1. The van der Waals surface area contributed by atoms with Gasteiger partial charge in [0.15, 0.2) is 23.5 Å². The largest absolute Gasteiger partial charge is 0.393 e. The van der Waals surface area contributed by atoms with E-state index in [0.717, 1.165) is 10.9 Å². The highest BCUT2D eigenvalue weighted by atomic mass is 19.2. The zero-order valence-electron chi connectivity index (χ0n) is 13.9. The van der Waals surface area contributed by atoms with E-state index in [1.54, 1.807) is 13.8 Å². The number of aromatic nitrogens is 4. The summed E-state index contributed by atoms with van der Waals surface area (Å²) in [7, 11) is 0. The number of aliphatic hydroxyl groups is 3. The summed E-state index contributed by atoms with van der Waals surface area (Å²) in [5.74, 6) is -4.13. The molecule has 0 unspecified atom stereocenters. The standard InChI is InChI=1S/C14H18FN5O6/c1-5(2)10(23)18-13-17-9-7(11(24)19-13)16-4-20(9)12-8(22)14(15,25)6(3-21)26-12/h4-6,8,12,21-22,25H,3H2,1-2H3,(H2,17,18,19,23,24)/t6-,8+,12-,14-/m1/s1. The van der Waals surface area contributed by atoms with Gasteiger partial charge in [0.05, 0.1) is 12.9 Å². The first-order valence-corrected chi connectivity index (χ1v) is 7.80. The Labute approximate surface area is 145 Å². The summed E-state index contributed by atoms with van der Waals surface area (Å²) in [6.45, 7) is 2.42. The molecule has 11 nitrogen and oxygen atoms in total. The van der Waals surface area contributed by atoms with Gasteiger partial charge in [-0.3, -0.25) is 24.5 Å². The Hall–Kier alpha value is -2.41. The summed E-state index contributed by atoms with van der Waals surface area (Å²) < 4.78 is 20.4. The van der Waals surface area contributed by atoms with Gasteiger partial charge in [-0.1, -0.05) is 13.8 Å². The van der Waals surface area contributed by atoms with Gasteiger partial charge in [0.1, 0.15) is 6.10 Å². The lowest BCUT2D eigenvalue weighted by Crippen LogP contribution is -2.44. The van der Waals surface area contributed by atoms with E-state index in [1.165, 1.54) is 0 Å². The van der Waals surface area contributed by atoms with Crippen LogP contribution in [0.1, 0.15) is 20.1 Å². The lowest BCUT2D eigenvalue weighted by Gasteiger charge is -2.20. The fourth-order valence-electron chi connectivity index (χ4n) is 2.55. The number of fused-ring (bicyclic) bond motifs is 1. The van der Waals surface area contributed by atoms with Crippen molar-refractivity contribution < 1.29 is 29.2 Å². The maximum atomic E-state index is 14.2. The number of H-pyrrole nitrogens is 1. The van der Waals surface area contributed by atoms with Crippen LogP contribution >= 0.6 is 0 Å². The second-order valence-electron chi connectivity index (χ2n) is 6.25. The molecule has 1 amide bonds. The number of ether oxygens (including phenoxy) is 1. The van der Waals surface area contributed by atoms with Crippen LogP contribution in [-0.2, 0) is 9.53 Å². The first kappa shape index (κ1) is 18.4. The van der Waals surface area contributed by atoms with Gasteiger partial charge in [0.2, 0.25) is 11.9 Å². The number of hydrogen-bond donors (Lipinski definition) is 5. The molecule has 5 N–H and O–H groups in total. The number of nitrogens with one attached hydrogen (secondary N) is 2. The van der Waals surface area contributed by atoms with Crippen molar-refractivity contribution in [3.63, 3.8) is 0 Å². The topological polar surface area (TPSA) is 163 Å². The van der Waals surface area contributed by atoms with E-state index >= 15 is 0 Å². The summed E-state index contributed by atoms with van der Waals surface area (Å²) in [5.41, 5.74) is -0.918. The normalized spacial score (nSPS) is 28.8. The molecule has 0 spiro atoms. The average molecular weight is 371 g/mol. The highest BCUT2D eigenvalue weighted by Gasteiger charge is 2.57. The lowest BCUT2D eigenvalue weighted by atomic mass is 10.1. The minimum atomic E-state index is -3.20. The number of carbonyl (C=O) groups is 1. The summed E-state index contributed by atoms with van der Waals surface area (Å²) in [6, 6.07) is 0. The minimum Gasteiger partial charge on any atom is -0.393 e. The smallest absolute Gasteiger partial charge is 0.280 e. The third-order valence-electron chi connectivity index (χ3n) is 4.08. The highest BCUT2D eigenvalue weighted by Crippen LogP contribution is 2.38. The van der Waals surface area contributed by atoms with Crippen LogP contribution in [0.3, 0.4) is 0 Å². The molecule has 1 aliphatic rings. The van der Waals surface area contributed by atoms with E-state index in [-0.39, 0.29) is 23.0 Å². The van der Waals surface area contributed by atoms with Gasteiger partial charge in [-0.25, -0.2) is 9.37 Å². The Morgan fingerprint density at radius 1 is 1.58 bits per heavy atom. The number of aliphatic hydroxyl groups excluding tert-OH is 2. The third-order valence-corrected chi connectivity index (χ3v) is 4.08. The Kier molecular flexibility index (Phi) is 4.52. The number of amides is 1. The first-order valence-electron chi connectivity index (χ1n) is 7.80. The number of carbonyl (C=O) groups excluding carboxylic acids is 1. The molecule has 0 aliphatic carbocycles. The Morgan fingerprint density at radius 2 is 2.27 bits per heavy atom. The number of imidazole rings is 1. The van der Waals surface area contributed by atoms with Crippen molar-refractivity contribution in [3.05, 3.63) is 16.7 Å². The molecule has 1 fully saturated rings. The van der Waals surface area contributed by atoms with E-state index in [9.17, 15) is 24.2 Å². The van der Waals surface area contributed by atoms with Gasteiger partial charge in [-0.2, -0.15) is 4.98 Å². The molecular weight excluding hydrogens is 353 g/mol. The number of halogens is 1. The molecule has 1 aliphatic heterocycles. The number of nitrogens with zero attached hydrogens (tertiary/aromatic N) is 3. The van der Waals surface area contributed by atoms with Gasteiger partial charge < -0.3 is 20.1 Å². The predicted octanol–water partition coefficient (Wildman–Crippen LogP) is -1.38. The zero-order valence-corrected chi connectivity index (χ0v) is 13.9. The summed E-state index contributed by atoms with van der Waals surface area (Å²) >= 11 is 0. The molecule has 1 saturated heterocycles. The first-order chi connectivity index (χ1) is 12.2. The molecule has 26 heavy (non-hydrogen) atoms. The molecule has 3 heterocycles. The minimum absolute atomic E-state index is 0.105. The molecule has 0 aromatic carbocycles. The number of hydrogen-bond acceptors (Lipinski definition) is 8. The van der Waals surface area contributed by atoms with Crippen molar-refractivity contribution in [2.75, 3.05) is 11.9 Å². The van der Waals surface area contributed by atoms with Crippen LogP contribution in [0.25, 0.3) is 11.2 Å². The fraction of sp³-hybridized carbons (Fsp3) is 0.571. The van der Waals surface area contributed by atoms with Crippen molar-refractivity contribution in [1.82, 2.24) is 19.5 Å². The van der Waals surface area contributed by atoms with Crippen LogP contribution in [0.15, 0.2) is 11.1 Å². The number of anilines is 1. The molecule has 12 heteroatoms. The van der Waals surface area contributed by atoms with E-state index in [0.29, 0.717) is 0 Å². The van der Waals surface area contributed by atoms with Crippen LogP contribution in [0.5, 0.6) is 0 Å². The predicted molar refractivity (Wildman–Crippen MR) is 84.7 cm³/mol. The van der Waals surface area contributed by atoms with Crippen molar-refractivity contribution in [2.45, 2.75) is 38.1 Å². The van der Waals surface area contributed by atoms with Gasteiger partial charge in [-0.15, -0.1) is 0 Å². The van der Waals surface area contributed by atoms with E-state index in [2.05, 4.69) is 20.3 Å². The molecule has 142 valence electrons. The molecule has 0 saturated carbocycles. The van der Waals surface area contributed by atoms with Gasteiger partial charge in [0.25, 0.3) is 11.4 Å². The van der Waals surface area contributed by atoms with E-state index in [4.69, 9.17) is 9.84 Å². The second-order valence-corrected chi connectivity index (χ2v) is 6.25. The SMILES string of the molecule is CC(C)C(=O)Nc1nc2c(ncn2[C@@H]2O[C@H](CO)[C@](O)(F)[C@H]2O)c(=O)[nH]1. The Balaban J connectivity index is 2.04. The highest BCUT2D eigenvalue weighted by molar-refractivity contribution is 5.91. The molecule has 0 bridgehead atoms. The quantitative estimate of drug-likeness (QED) is 0.439. The number of alkyl halides is 1. The lowest BCUT2D eigenvalue weighted by molar-refractivity contribution is -0.181. The van der Waals surface area contributed by atoms with Crippen LogP contribution in [0.2, 0.25) is 0 Å². The number of rotatable bonds is 4. The van der Waals surface area contributed by atoms with Crippen molar-refractivity contribution in [2.24, 2.45) is 5.92 Å². The van der Waals surface area contributed by atoms with E-state index < -0.39 is 42.4 Å². The van der Waals surface area contributed by atoms with Crippen LogP contribution in [0.4, 0.5) is 10.3 Å². The maximum Gasteiger partial charge on any atom is 0.280 e. The fourth-order valence-corrected chi connectivity index (χ4v) is 2.55. The van der Waals surface area contributed by atoms with E-state index in [1.807, 2.05) is 0 Å². The Morgan fingerprint density at radius 3 is 2.85 bits per heavy atom. The summed E-state index contributed by atoms with van der Waals surface area (Å²) in [5, 5.41) is 31.2. The van der Waals surface area contributed by atoms with Gasteiger partial charge >= 0.3 is 0 Å². The Bertz CT molecular complexity index is 894. The van der Waals surface area contributed by atoms with Gasteiger partial charge in [0, 0.05) is 5.92 Å². The van der Waals surface area contributed by atoms with Crippen molar-refractivity contribution >= 4 is 23.0 Å². The molecule has 4 atom stereocenters. The molecule has 0 radical (unpaired) electrons. The molecule has 2 aromatic heterocycles. The third kappa shape index (κ3) is 2.86. The molecular formula is C14H18FN5O6. The summed E-state index contributed by atoms with van der Waals surface area (Å²) in [4.78, 5) is 34.1. The maximum absolute atomic E-state index is 14.2. The van der Waals surface area contributed by atoms with Crippen molar-refractivity contribution in [1.29, 1.82) is 0 Å². The molecule has 3 rings (SSSR count). The van der Waals surface area contributed by atoms with Crippen LogP contribution in [0, 0.1) is 5.92 Å². The van der Waals surface area contributed by atoms with Gasteiger partial charge in [-0.05, 0) is 0 Å². The average Bonchev–Trinajstić information content (AvgIpc) is 3.07. The van der Waals surface area contributed by atoms with Crippen LogP contribution < -0.4 is 10.9 Å². The molecule has 2 aromatic rings. The monoisotopic (exact) mass is 371 g/mol. The van der Waals surface area contributed by atoms with Crippen LogP contribution in [-0.4, -0.2) is 65.4 Å². The second kappa shape index (κ2) is 6.39. The van der Waals surface area contributed by atoms with Crippen molar-refractivity contribution in [3.8, 4) is 0 Å². The summed E-state index contributed by atoms with van der Waals surface area (Å²) in [6.07, 6.45) is -4.17. The zero-order chi connectivity index (χ0) is 19.2.